The largest absolute Gasteiger partial charge is 0.416 e. The van der Waals surface area contributed by atoms with Gasteiger partial charge in [0.15, 0.2) is 5.96 Å². The van der Waals surface area contributed by atoms with E-state index in [0.29, 0.717) is 0 Å². The topological polar surface area (TPSA) is 50.4 Å². The van der Waals surface area contributed by atoms with Gasteiger partial charge in [-0.3, -0.25) is 0 Å². The molecule has 138 valence electrons. The standard InChI is InChI=1S/C19H18F3N3.HI/c1-13-9-14(2)11-17(10-13)25-18(23)24-8-4-6-15-5-3-7-16(12-15)19(20,21)22;/h3,5,7,9-12H,8H2,1-2H3,(H3,23,24,25);1H. The number of benzene rings is 2. The molecule has 0 saturated carbocycles. The van der Waals surface area contributed by atoms with E-state index in [0.717, 1.165) is 28.9 Å². The molecule has 2 rings (SSSR count). The highest BCUT2D eigenvalue weighted by Gasteiger charge is 2.30. The Labute approximate surface area is 167 Å². The number of guanidine groups is 1. The first-order valence-electron chi connectivity index (χ1n) is 7.55. The quantitative estimate of drug-likeness (QED) is 0.287. The second-order valence-electron chi connectivity index (χ2n) is 5.58. The molecule has 0 heterocycles. The minimum atomic E-state index is -4.38. The van der Waals surface area contributed by atoms with Crippen molar-refractivity contribution in [1.82, 2.24) is 0 Å². The summed E-state index contributed by atoms with van der Waals surface area (Å²) in [7, 11) is 0. The lowest BCUT2D eigenvalue weighted by molar-refractivity contribution is -0.137. The highest BCUT2D eigenvalue weighted by molar-refractivity contribution is 14.0. The lowest BCUT2D eigenvalue weighted by Gasteiger charge is -2.07. The van der Waals surface area contributed by atoms with Crippen LogP contribution in [-0.4, -0.2) is 12.5 Å². The summed E-state index contributed by atoms with van der Waals surface area (Å²) in [5.74, 6) is 5.55. The fourth-order valence-electron chi connectivity index (χ4n) is 2.27. The van der Waals surface area contributed by atoms with E-state index in [9.17, 15) is 13.2 Å². The van der Waals surface area contributed by atoms with Gasteiger partial charge < -0.3 is 11.1 Å². The summed E-state index contributed by atoms with van der Waals surface area (Å²) in [5.41, 5.74) is 8.37. The van der Waals surface area contributed by atoms with Gasteiger partial charge in [-0.1, -0.05) is 24.0 Å². The molecule has 0 radical (unpaired) electrons. The van der Waals surface area contributed by atoms with Crippen LogP contribution in [0.3, 0.4) is 0 Å². The van der Waals surface area contributed by atoms with Crippen LogP contribution in [0.1, 0.15) is 22.3 Å². The van der Waals surface area contributed by atoms with Gasteiger partial charge in [-0.15, -0.1) is 24.0 Å². The first-order valence-corrected chi connectivity index (χ1v) is 7.55. The number of alkyl halides is 3. The fourth-order valence-corrected chi connectivity index (χ4v) is 2.27. The monoisotopic (exact) mass is 473 g/mol. The average Bonchev–Trinajstić information content (AvgIpc) is 2.50. The van der Waals surface area contributed by atoms with Crippen molar-refractivity contribution < 1.29 is 13.2 Å². The number of nitrogens with two attached hydrogens (primary N) is 1. The number of rotatable bonds is 2. The predicted molar refractivity (Wildman–Crippen MR) is 110 cm³/mol. The Balaban J connectivity index is 0.00000338. The lowest BCUT2D eigenvalue weighted by Crippen LogP contribution is -2.22. The molecule has 0 saturated heterocycles. The first-order chi connectivity index (χ1) is 11.7. The Morgan fingerprint density at radius 1 is 1.12 bits per heavy atom. The summed E-state index contributed by atoms with van der Waals surface area (Å²) < 4.78 is 37.9. The molecule has 2 aromatic rings. The predicted octanol–water partition coefficient (Wildman–Crippen LogP) is 4.72. The minimum absolute atomic E-state index is 0. The van der Waals surface area contributed by atoms with Gasteiger partial charge in [-0.25, -0.2) is 4.99 Å². The summed E-state index contributed by atoms with van der Waals surface area (Å²) in [4.78, 5) is 4.05. The summed E-state index contributed by atoms with van der Waals surface area (Å²) >= 11 is 0. The first kappa shape index (κ1) is 21.8. The highest BCUT2D eigenvalue weighted by Crippen LogP contribution is 2.29. The zero-order valence-corrected chi connectivity index (χ0v) is 16.6. The number of anilines is 1. The number of aryl methyl sites for hydroxylation is 2. The Kier molecular flexibility index (Phi) is 7.96. The van der Waals surface area contributed by atoms with Crippen molar-refractivity contribution in [3.63, 3.8) is 0 Å². The SMILES string of the molecule is Cc1cc(C)cc(NC(N)=NCC#Cc2cccc(C(F)(F)F)c2)c1.I. The average molecular weight is 473 g/mol. The van der Waals surface area contributed by atoms with Crippen molar-refractivity contribution in [2.75, 3.05) is 11.9 Å². The van der Waals surface area contributed by atoms with Crippen LogP contribution in [0.15, 0.2) is 47.5 Å². The van der Waals surface area contributed by atoms with Crippen LogP contribution in [0.2, 0.25) is 0 Å². The normalized spacial score (nSPS) is 11.2. The van der Waals surface area contributed by atoms with Gasteiger partial charge in [0.2, 0.25) is 0 Å². The van der Waals surface area contributed by atoms with E-state index in [4.69, 9.17) is 5.73 Å². The maximum atomic E-state index is 12.6. The summed E-state index contributed by atoms with van der Waals surface area (Å²) in [6, 6.07) is 10.8. The Morgan fingerprint density at radius 2 is 1.77 bits per heavy atom. The molecule has 7 heteroatoms. The molecule has 2 aromatic carbocycles. The van der Waals surface area contributed by atoms with E-state index in [-0.39, 0.29) is 42.0 Å². The van der Waals surface area contributed by atoms with E-state index >= 15 is 0 Å². The van der Waals surface area contributed by atoms with Gasteiger partial charge in [0.1, 0.15) is 6.54 Å². The molecule has 3 N–H and O–H groups in total. The van der Waals surface area contributed by atoms with Crippen LogP contribution >= 0.6 is 24.0 Å². The van der Waals surface area contributed by atoms with E-state index < -0.39 is 11.7 Å². The molecule has 0 aliphatic rings. The van der Waals surface area contributed by atoms with E-state index in [1.54, 1.807) is 0 Å². The van der Waals surface area contributed by atoms with E-state index in [1.165, 1.54) is 12.1 Å². The van der Waals surface area contributed by atoms with Crippen molar-refractivity contribution in [3.8, 4) is 11.8 Å². The third-order valence-corrected chi connectivity index (χ3v) is 3.25. The van der Waals surface area contributed by atoms with Gasteiger partial charge >= 0.3 is 6.18 Å². The number of hydrogen-bond donors (Lipinski definition) is 2. The summed E-state index contributed by atoms with van der Waals surface area (Å²) in [5, 5.41) is 2.96. The minimum Gasteiger partial charge on any atom is -0.370 e. The molecule has 0 atom stereocenters. The Hall–Kier alpha value is -2.21. The number of nitrogens with zero attached hydrogens (tertiary/aromatic N) is 1. The fraction of sp³-hybridized carbons (Fsp3) is 0.211. The number of halogens is 4. The molecule has 0 bridgehead atoms. The molecular formula is C19H19F3IN3. The molecule has 0 amide bonds. The van der Waals surface area contributed by atoms with Crippen molar-refractivity contribution in [1.29, 1.82) is 0 Å². The molecule has 0 unspecified atom stereocenters. The molecule has 3 nitrogen and oxygen atoms in total. The van der Waals surface area contributed by atoms with E-state index in [2.05, 4.69) is 22.2 Å². The van der Waals surface area contributed by atoms with Crippen LogP contribution in [0.4, 0.5) is 18.9 Å². The molecular weight excluding hydrogens is 454 g/mol. The zero-order valence-electron chi connectivity index (χ0n) is 14.3. The third-order valence-electron chi connectivity index (χ3n) is 3.25. The summed E-state index contributed by atoms with van der Waals surface area (Å²) in [6.07, 6.45) is -4.38. The van der Waals surface area contributed by atoms with Gasteiger partial charge in [0.05, 0.1) is 5.56 Å². The van der Waals surface area contributed by atoms with Gasteiger partial charge in [-0.05, 0) is 55.3 Å². The number of nitrogens with one attached hydrogen (secondary N) is 1. The maximum absolute atomic E-state index is 12.6. The molecule has 0 spiro atoms. The van der Waals surface area contributed by atoms with Crippen LogP contribution in [0.25, 0.3) is 0 Å². The van der Waals surface area contributed by atoms with Crippen molar-refractivity contribution in [2.24, 2.45) is 10.7 Å². The lowest BCUT2D eigenvalue weighted by atomic mass is 10.1. The van der Waals surface area contributed by atoms with Crippen molar-refractivity contribution in [3.05, 3.63) is 64.7 Å². The van der Waals surface area contributed by atoms with Gasteiger partial charge in [0, 0.05) is 11.3 Å². The Bertz CT molecular complexity index is 829. The van der Waals surface area contributed by atoms with E-state index in [1.807, 2.05) is 32.0 Å². The molecule has 26 heavy (non-hydrogen) atoms. The molecule has 0 aromatic heterocycles. The zero-order chi connectivity index (χ0) is 18.4. The Morgan fingerprint density at radius 3 is 2.38 bits per heavy atom. The van der Waals surface area contributed by atoms with Crippen LogP contribution in [0.5, 0.6) is 0 Å². The molecule has 0 aliphatic heterocycles. The second kappa shape index (κ2) is 9.48. The smallest absolute Gasteiger partial charge is 0.370 e. The highest BCUT2D eigenvalue weighted by atomic mass is 127. The van der Waals surface area contributed by atoms with Gasteiger partial charge in [0.25, 0.3) is 0 Å². The number of hydrogen-bond acceptors (Lipinski definition) is 1. The number of aliphatic imine (C=N–C) groups is 1. The molecule has 0 aliphatic carbocycles. The van der Waals surface area contributed by atoms with Crippen LogP contribution in [0, 0.1) is 25.7 Å². The van der Waals surface area contributed by atoms with Crippen molar-refractivity contribution in [2.45, 2.75) is 20.0 Å². The van der Waals surface area contributed by atoms with Gasteiger partial charge in [-0.2, -0.15) is 13.2 Å². The van der Waals surface area contributed by atoms with Crippen LogP contribution < -0.4 is 11.1 Å². The third kappa shape index (κ3) is 6.96. The second-order valence-corrected chi connectivity index (χ2v) is 5.58. The van der Waals surface area contributed by atoms with Crippen LogP contribution in [-0.2, 0) is 6.18 Å². The maximum Gasteiger partial charge on any atom is 0.416 e. The molecule has 0 fully saturated rings. The van der Waals surface area contributed by atoms with Crippen molar-refractivity contribution >= 4 is 35.6 Å². The summed E-state index contributed by atoms with van der Waals surface area (Å²) in [6.45, 7) is 4.04.